The maximum absolute atomic E-state index is 12.7. The van der Waals surface area contributed by atoms with E-state index in [9.17, 15) is 13.2 Å². The van der Waals surface area contributed by atoms with E-state index in [0.29, 0.717) is 6.54 Å². The minimum absolute atomic E-state index is 0. The Morgan fingerprint density at radius 2 is 1.64 bits per heavy atom. The number of hydrogen-bond acceptors (Lipinski definition) is 1. The minimum atomic E-state index is -4.26. The number of rotatable bonds is 5. The molecule has 1 heterocycles. The SMILES string of the molecule is FC(F)(F)C[N-][C@@H](CN1CCCCC1)c1cccc2ccccc12.[Li+]. The summed E-state index contributed by atoms with van der Waals surface area (Å²) < 4.78 is 38.2. The van der Waals surface area contributed by atoms with Gasteiger partial charge in [0.2, 0.25) is 0 Å². The quantitative estimate of drug-likeness (QED) is 0.763. The van der Waals surface area contributed by atoms with Gasteiger partial charge in [0, 0.05) is 0 Å². The number of benzene rings is 2. The van der Waals surface area contributed by atoms with Gasteiger partial charge in [0.05, 0.1) is 0 Å². The normalized spacial score (nSPS) is 17.2. The number of hydrogen-bond donors (Lipinski definition) is 0. The third-order valence-corrected chi connectivity index (χ3v) is 4.55. The second-order valence-corrected chi connectivity index (χ2v) is 6.40. The first-order valence-corrected chi connectivity index (χ1v) is 8.46. The van der Waals surface area contributed by atoms with E-state index in [2.05, 4.69) is 10.2 Å². The summed E-state index contributed by atoms with van der Waals surface area (Å²) in [6, 6.07) is 13.2. The van der Waals surface area contributed by atoms with Gasteiger partial charge in [0.25, 0.3) is 0 Å². The molecule has 1 atom stereocenters. The molecule has 0 N–H and O–H groups in total. The van der Waals surface area contributed by atoms with Crippen LogP contribution in [-0.4, -0.2) is 37.3 Å². The summed E-state index contributed by atoms with van der Waals surface area (Å²) in [4.78, 5) is 2.25. The van der Waals surface area contributed by atoms with Crippen molar-refractivity contribution in [3.05, 3.63) is 53.3 Å². The number of fused-ring (bicyclic) bond motifs is 1. The third-order valence-electron chi connectivity index (χ3n) is 4.55. The van der Waals surface area contributed by atoms with Gasteiger partial charge in [0.1, 0.15) is 0 Å². The third kappa shape index (κ3) is 5.75. The summed E-state index contributed by atoms with van der Waals surface area (Å²) in [5.41, 5.74) is 0.892. The molecule has 2 aromatic carbocycles. The Morgan fingerprint density at radius 3 is 2.36 bits per heavy atom. The van der Waals surface area contributed by atoms with Crippen molar-refractivity contribution in [2.24, 2.45) is 0 Å². The first-order valence-electron chi connectivity index (χ1n) is 8.46. The number of nitrogens with zero attached hydrogens (tertiary/aromatic N) is 2. The van der Waals surface area contributed by atoms with Gasteiger partial charge in [-0.1, -0.05) is 60.5 Å². The van der Waals surface area contributed by atoms with Crippen LogP contribution in [0, 0.1) is 0 Å². The maximum atomic E-state index is 12.7. The van der Waals surface area contributed by atoms with Crippen molar-refractivity contribution in [2.75, 3.05) is 26.2 Å². The molecule has 0 saturated carbocycles. The molecule has 6 heteroatoms. The Morgan fingerprint density at radius 1 is 0.960 bits per heavy atom. The maximum Gasteiger partial charge on any atom is 1.00 e. The molecule has 25 heavy (non-hydrogen) atoms. The van der Waals surface area contributed by atoms with Gasteiger partial charge < -0.3 is 10.2 Å². The fourth-order valence-corrected chi connectivity index (χ4v) is 3.40. The monoisotopic (exact) mass is 342 g/mol. The molecule has 130 valence electrons. The molecule has 0 radical (unpaired) electrons. The Kier molecular flexibility index (Phi) is 7.39. The van der Waals surface area contributed by atoms with E-state index in [1.165, 1.54) is 6.42 Å². The van der Waals surface area contributed by atoms with Crippen LogP contribution in [0.15, 0.2) is 42.5 Å². The second-order valence-electron chi connectivity index (χ2n) is 6.40. The Hall–Kier alpha value is -0.993. The number of halogens is 3. The molecule has 1 fully saturated rings. The van der Waals surface area contributed by atoms with Crippen LogP contribution in [0.25, 0.3) is 16.1 Å². The Balaban J connectivity index is 0.00000225. The molecule has 0 unspecified atom stereocenters. The van der Waals surface area contributed by atoms with Crippen molar-refractivity contribution < 1.29 is 32.0 Å². The van der Waals surface area contributed by atoms with Gasteiger partial charge in [-0.3, -0.25) is 0 Å². The van der Waals surface area contributed by atoms with Gasteiger partial charge in [-0.25, -0.2) is 0 Å². The van der Waals surface area contributed by atoms with Gasteiger partial charge in [0.15, 0.2) is 0 Å². The van der Waals surface area contributed by atoms with Crippen LogP contribution in [0.4, 0.5) is 13.2 Å². The van der Waals surface area contributed by atoms with Crippen LogP contribution < -0.4 is 18.9 Å². The van der Waals surface area contributed by atoms with E-state index < -0.39 is 18.8 Å². The number of likely N-dealkylation sites (tertiary alicyclic amines) is 1. The topological polar surface area (TPSA) is 17.3 Å². The smallest absolute Gasteiger partial charge is 0.647 e. The molecular formula is C19H22F3LiN2. The molecule has 0 bridgehead atoms. The molecule has 3 rings (SSSR count). The fraction of sp³-hybridized carbons (Fsp3) is 0.474. The molecule has 1 aliphatic rings. The average molecular weight is 342 g/mol. The summed E-state index contributed by atoms with van der Waals surface area (Å²) >= 11 is 0. The van der Waals surface area contributed by atoms with E-state index in [-0.39, 0.29) is 18.9 Å². The molecule has 2 nitrogen and oxygen atoms in total. The Bertz CT molecular complexity index is 664. The molecule has 0 aromatic heterocycles. The van der Waals surface area contributed by atoms with E-state index >= 15 is 0 Å². The predicted molar refractivity (Wildman–Crippen MR) is 91.3 cm³/mol. The summed E-state index contributed by atoms with van der Waals surface area (Å²) in [5, 5.41) is 6.08. The zero-order valence-corrected chi connectivity index (χ0v) is 14.6. The average Bonchev–Trinajstić information content (AvgIpc) is 2.58. The van der Waals surface area contributed by atoms with Crippen molar-refractivity contribution in [3.8, 4) is 0 Å². The summed E-state index contributed by atoms with van der Waals surface area (Å²) in [6.07, 6.45) is -0.830. The van der Waals surface area contributed by atoms with Crippen LogP contribution in [0.3, 0.4) is 0 Å². The molecule has 1 aliphatic heterocycles. The summed E-state index contributed by atoms with van der Waals surface area (Å²) in [7, 11) is 0. The standard InChI is InChI=1S/C19H22F3N2.Li/c20-19(21,22)14-23-18(13-24-11-4-1-5-12-24)17-10-6-8-15-7-2-3-9-16(15)17;/h2-3,6-10,18H,1,4-5,11-14H2;/q-1;+1/t18-;/m0./s1. The minimum Gasteiger partial charge on any atom is -0.647 e. The van der Waals surface area contributed by atoms with E-state index in [0.717, 1.165) is 42.3 Å². The number of alkyl halides is 3. The summed E-state index contributed by atoms with van der Waals surface area (Å²) in [5.74, 6) is 0. The van der Waals surface area contributed by atoms with Crippen LogP contribution in [0.2, 0.25) is 0 Å². The van der Waals surface area contributed by atoms with Crippen molar-refractivity contribution in [1.29, 1.82) is 0 Å². The van der Waals surface area contributed by atoms with Crippen molar-refractivity contribution in [1.82, 2.24) is 4.90 Å². The Labute approximate surface area is 158 Å². The van der Waals surface area contributed by atoms with Crippen molar-refractivity contribution >= 4 is 10.8 Å². The number of piperidine rings is 1. The van der Waals surface area contributed by atoms with Gasteiger partial charge in [-0.05, 0) is 49.8 Å². The molecule has 0 spiro atoms. The van der Waals surface area contributed by atoms with Crippen LogP contribution in [0.5, 0.6) is 0 Å². The zero-order chi connectivity index (χ0) is 17.0. The van der Waals surface area contributed by atoms with Crippen molar-refractivity contribution in [2.45, 2.75) is 31.5 Å². The second kappa shape index (κ2) is 9.09. The van der Waals surface area contributed by atoms with Crippen LogP contribution in [0.1, 0.15) is 30.9 Å². The fourth-order valence-electron chi connectivity index (χ4n) is 3.40. The molecular weight excluding hydrogens is 320 g/mol. The molecule has 2 aromatic rings. The van der Waals surface area contributed by atoms with Crippen LogP contribution in [-0.2, 0) is 0 Å². The molecule has 1 saturated heterocycles. The first kappa shape index (κ1) is 20.3. The van der Waals surface area contributed by atoms with Gasteiger partial charge in [-0.2, -0.15) is 13.2 Å². The van der Waals surface area contributed by atoms with Gasteiger partial charge in [-0.15, -0.1) is 0 Å². The van der Waals surface area contributed by atoms with Crippen LogP contribution >= 0.6 is 0 Å². The predicted octanol–water partition coefficient (Wildman–Crippen LogP) is 2.31. The first-order chi connectivity index (χ1) is 11.5. The summed E-state index contributed by atoms with van der Waals surface area (Å²) in [6.45, 7) is 1.37. The largest absolute Gasteiger partial charge is 1.00 e. The zero-order valence-electron chi connectivity index (χ0n) is 14.6. The van der Waals surface area contributed by atoms with Gasteiger partial charge >= 0.3 is 25.0 Å². The van der Waals surface area contributed by atoms with E-state index in [4.69, 9.17) is 0 Å². The molecule has 0 aliphatic carbocycles. The van der Waals surface area contributed by atoms with Crippen molar-refractivity contribution in [3.63, 3.8) is 0 Å². The van der Waals surface area contributed by atoms with E-state index in [1.54, 1.807) is 0 Å². The molecule has 0 amide bonds. The van der Waals surface area contributed by atoms with E-state index in [1.807, 2.05) is 42.5 Å².